The van der Waals surface area contributed by atoms with Crippen LogP contribution in [0.2, 0.25) is 0 Å². The fraction of sp³-hybridized carbons (Fsp3) is 0.214. The minimum absolute atomic E-state index is 0.272. The van der Waals surface area contributed by atoms with Crippen molar-refractivity contribution in [2.24, 2.45) is 0 Å². The van der Waals surface area contributed by atoms with Gasteiger partial charge in [-0.3, -0.25) is 9.59 Å². The Morgan fingerprint density at radius 3 is 1.95 bits per heavy atom. The molecule has 2 heterocycles. The third-order valence-electron chi connectivity index (χ3n) is 3.29. The van der Waals surface area contributed by atoms with Crippen LogP contribution >= 0.6 is 11.3 Å². The van der Waals surface area contributed by atoms with Gasteiger partial charge in [0.2, 0.25) is 0 Å². The van der Waals surface area contributed by atoms with Crippen LogP contribution in [0.1, 0.15) is 36.9 Å². The van der Waals surface area contributed by atoms with Gasteiger partial charge < -0.3 is 0 Å². The van der Waals surface area contributed by atoms with E-state index < -0.39 is 0 Å². The van der Waals surface area contributed by atoms with Crippen molar-refractivity contribution in [1.29, 1.82) is 0 Å². The summed E-state index contributed by atoms with van der Waals surface area (Å²) >= 11 is 1.43. The summed E-state index contributed by atoms with van der Waals surface area (Å²) in [7, 11) is 0. The van der Waals surface area contributed by atoms with E-state index >= 15 is 0 Å². The number of aryl methyl sites for hydroxylation is 3. The summed E-state index contributed by atoms with van der Waals surface area (Å²) in [6.07, 6.45) is 0. The number of carbonyl (C=O) groups is 2. The highest BCUT2D eigenvalue weighted by molar-refractivity contribution is 7.10. The first-order valence-electron chi connectivity index (χ1n) is 5.92. The van der Waals surface area contributed by atoms with E-state index in [4.69, 9.17) is 0 Å². The Bertz CT molecular complexity index is 677. The van der Waals surface area contributed by atoms with Crippen LogP contribution in [0.5, 0.6) is 0 Å². The molecule has 0 unspecified atom stereocenters. The second kappa shape index (κ2) is 3.99. The molecule has 4 nitrogen and oxygen atoms in total. The second-order valence-corrected chi connectivity index (χ2v) is 5.68. The van der Waals surface area contributed by atoms with E-state index in [9.17, 15) is 9.59 Å². The Balaban J connectivity index is 2.20. The first kappa shape index (κ1) is 12.0. The van der Waals surface area contributed by atoms with Crippen molar-refractivity contribution < 1.29 is 9.59 Å². The smallest absolute Gasteiger partial charge is 0.267 e. The van der Waals surface area contributed by atoms with Gasteiger partial charge in [0.05, 0.1) is 16.1 Å². The van der Waals surface area contributed by atoms with Crippen molar-refractivity contribution in [2.45, 2.75) is 20.8 Å². The van der Waals surface area contributed by atoms with Gasteiger partial charge in [-0.05, 0) is 31.9 Å². The zero-order chi connectivity index (χ0) is 13.7. The Kier molecular flexibility index (Phi) is 2.53. The van der Waals surface area contributed by atoms with E-state index in [2.05, 4.69) is 4.98 Å². The van der Waals surface area contributed by atoms with Crippen molar-refractivity contribution >= 4 is 29.0 Å². The summed E-state index contributed by atoms with van der Waals surface area (Å²) in [6, 6.07) is 3.74. The number of carbonyl (C=O) groups excluding carboxylic acids is 2. The number of fused-ring (bicyclic) bond motifs is 1. The molecule has 2 aromatic rings. The number of anilines is 1. The molecule has 0 spiro atoms. The zero-order valence-corrected chi connectivity index (χ0v) is 11.7. The molecule has 0 aliphatic carbocycles. The SMILES string of the molecule is Cc1nc(N2C(=O)c3c(C)ccc(C)c3C2=O)cs1. The topological polar surface area (TPSA) is 50.3 Å². The fourth-order valence-corrected chi connectivity index (χ4v) is 2.92. The first-order chi connectivity index (χ1) is 9.00. The standard InChI is InChI=1S/C14H12N2O2S/c1-7-4-5-8(2)12-11(7)13(17)16(14(12)18)10-6-19-9(3)15-10/h4-6H,1-3H3. The van der Waals surface area contributed by atoms with Gasteiger partial charge in [0, 0.05) is 5.38 Å². The van der Waals surface area contributed by atoms with Crippen LogP contribution in [0, 0.1) is 20.8 Å². The lowest BCUT2D eigenvalue weighted by atomic mass is 9.99. The lowest BCUT2D eigenvalue weighted by Gasteiger charge is -2.09. The molecule has 0 N–H and O–H groups in total. The number of thiazole rings is 1. The van der Waals surface area contributed by atoms with E-state index in [0.717, 1.165) is 16.1 Å². The number of amides is 2. The highest BCUT2D eigenvalue weighted by Gasteiger charge is 2.39. The molecule has 0 fully saturated rings. The van der Waals surface area contributed by atoms with Gasteiger partial charge >= 0.3 is 0 Å². The van der Waals surface area contributed by atoms with Gasteiger partial charge in [0.15, 0.2) is 5.82 Å². The highest BCUT2D eigenvalue weighted by Crippen LogP contribution is 2.32. The zero-order valence-electron chi connectivity index (χ0n) is 10.9. The molecule has 2 amide bonds. The third kappa shape index (κ3) is 1.62. The van der Waals surface area contributed by atoms with E-state index in [-0.39, 0.29) is 11.8 Å². The van der Waals surface area contributed by atoms with Gasteiger partial charge in [-0.15, -0.1) is 11.3 Å². The Morgan fingerprint density at radius 1 is 1.00 bits per heavy atom. The average molecular weight is 272 g/mol. The normalized spacial score (nSPS) is 14.2. The second-order valence-electron chi connectivity index (χ2n) is 4.62. The maximum atomic E-state index is 12.5. The van der Waals surface area contributed by atoms with Crippen LogP contribution in [0.15, 0.2) is 17.5 Å². The van der Waals surface area contributed by atoms with Crippen LogP contribution < -0.4 is 4.90 Å². The van der Waals surface area contributed by atoms with Gasteiger partial charge in [-0.2, -0.15) is 0 Å². The minimum atomic E-state index is -0.272. The summed E-state index contributed by atoms with van der Waals surface area (Å²) in [6.45, 7) is 5.54. The first-order valence-corrected chi connectivity index (χ1v) is 6.80. The molecular weight excluding hydrogens is 260 g/mol. The number of aromatic nitrogens is 1. The van der Waals surface area contributed by atoms with Crippen molar-refractivity contribution in [3.63, 3.8) is 0 Å². The Labute approximate surface area is 114 Å². The summed E-state index contributed by atoms with van der Waals surface area (Å²) in [4.78, 5) is 30.3. The number of hydrogen-bond donors (Lipinski definition) is 0. The highest BCUT2D eigenvalue weighted by atomic mass is 32.1. The molecule has 0 atom stereocenters. The predicted octanol–water partition coefficient (Wildman–Crippen LogP) is 2.87. The van der Waals surface area contributed by atoms with Crippen LogP contribution in [0.3, 0.4) is 0 Å². The number of rotatable bonds is 1. The molecule has 5 heteroatoms. The summed E-state index contributed by atoms with van der Waals surface area (Å²) in [5.41, 5.74) is 2.67. The van der Waals surface area contributed by atoms with E-state index in [1.165, 1.54) is 16.2 Å². The molecular formula is C14H12N2O2S. The molecule has 19 heavy (non-hydrogen) atoms. The lowest BCUT2D eigenvalue weighted by Crippen LogP contribution is -2.29. The van der Waals surface area contributed by atoms with Crippen molar-refractivity contribution in [1.82, 2.24) is 4.98 Å². The largest absolute Gasteiger partial charge is 0.268 e. The summed E-state index contributed by atoms with van der Waals surface area (Å²) < 4.78 is 0. The third-order valence-corrected chi connectivity index (χ3v) is 4.05. The molecule has 3 rings (SSSR count). The van der Waals surface area contributed by atoms with Crippen molar-refractivity contribution in [2.75, 3.05) is 4.90 Å². The maximum Gasteiger partial charge on any atom is 0.267 e. The molecule has 1 aliphatic rings. The molecule has 1 aliphatic heterocycles. The quantitative estimate of drug-likeness (QED) is 0.750. The molecule has 0 bridgehead atoms. The van der Waals surface area contributed by atoms with Gasteiger partial charge in [0.25, 0.3) is 11.8 Å². The van der Waals surface area contributed by atoms with Crippen molar-refractivity contribution in [3.8, 4) is 0 Å². The minimum Gasteiger partial charge on any atom is -0.268 e. The monoisotopic (exact) mass is 272 g/mol. The molecule has 0 radical (unpaired) electrons. The summed E-state index contributed by atoms with van der Waals surface area (Å²) in [5, 5.41) is 2.57. The van der Waals surface area contributed by atoms with E-state index in [1.807, 2.05) is 32.9 Å². The molecule has 96 valence electrons. The van der Waals surface area contributed by atoms with Crippen LogP contribution in [0.25, 0.3) is 0 Å². The molecule has 1 aromatic heterocycles. The number of benzene rings is 1. The van der Waals surface area contributed by atoms with Gasteiger partial charge in [-0.25, -0.2) is 9.88 Å². The predicted molar refractivity (Wildman–Crippen MR) is 73.9 cm³/mol. The number of nitrogens with zero attached hydrogens (tertiary/aromatic N) is 2. The lowest BCUT2D eigenvalue weighted by molar-refractivity contribution is 0.0925. The van der Waals surface area contributed by atoms with E-state index in [0.29, 0.717) is 16.9 Å². The van der Waals surface area contributed by atoms with Crippen molar-refractivity contribution in [3.05, 3.63) is 44.8 Å². The van der Waals surface area contributed by atoms with Gasteiger partial charge in [-0.1, -0.05) is 12.1 Å². The molecule has 1 aromatic carbocycles. The van der Waals surface area contributed by atoms with Crippen LogP contribution in [0.4, 0.5) is 5.82 Å². The molecule has 0 saturated heterocycles. The average Bonchev–Trinajstić information content (AvgIpc) is 2.87. The number of imide groups is 1. The molecule has 0 saturated carbocycles. The summed E-state index contributed by atoms with van der Waals surface area (Å²) in [5.74, 6) is -0.120. The Hall–Kier alpha value is -2.01. The van der Waals surface area contributed by atoms with Crippen LogP contribution in [-0.4, -0.2) is 16.8 Å². The van der Waals surface area contributed by atoms with Crippen LogP contribution in [-0.2, 0) is 0 Å². The maximum absolute atomic E-state index is 12.5. The number of hydrogen-bond acceptors (Lipinski definition) is 4. The fourth-order valence-electron chi connectivity index (χ4n) is 2.34. The van der Waals surface area contributed by atoms with E-state index in [1.54, 1.807) is 5.38 Å². The Morgan fingerprint density at radius 2 is 1.53 bits per heavy atom. The van der Waals surface area contributed by atoms with Gasteiger partial charge in [0.1, 0.15) is 0 Å².